The lowest BCUT2D eigenvalue weighted by Crippen LogP contribution is -2.26. The van der Waals surface area contributed by atoms with Crippen molar-refractivity contribution in [2.75, 3.05) is 5.32 Å². The smallest absolute Gasteiger partial charge is 0.349 e. The molecule has 1 aliphatic rings. The van der Waals surface area contributed by atoms with Crippen LogP contribution in [-0.4, -0.2) is 27.6 Å². The number of hydrogen-bond acceptors (Lipinski definition) is 3. The number of carbonyl (C=O) groups excluding carboxylic acids is 2. The average molecular weight is 421 g/mol. The highest BCUT2D eigenvalue weighted by Gasteiger charge is 2.39. The van der Waals surface area contributed by atoms with Gasteiger partial charge in [-0.1, -0.05) is 23.2 Å². The van der Waals surface area contributed by atoms with Crippen LogP contribution in [0.25, 0.3) is 0 Å². The highest BCUT2D eigenvalue weighted by molar-refractivity contribution is 6.35. The molecule has 1 aliphatic carbocycles. The summed E-state index contributed by atoms with van der Waals surface area (Å²) in [5, 5.41) is 7.81. The number of benzene rings is 1. The van der Waals surface area contributed by atoms with Crippen LogP contribution >= 0.6 is 23.2 Å². The predicted molar refractivity (Wildman–Crippen MR) is 93.1 cm³/mol. The molecule has 144 valence electrons. The van der Waals surface area contributed by atoms with Gasteiger partial charge in [0.2, 0.25) is 0 Å². The van der Waals surface area contributed by atoms with Gasteiger partial charge in [0.05, 0.1) is 10.6 Å². The quantitative estimate of drug-likeness (QED) is 0.787. The van der Waals surface area contributed by atoms with Crippen molar-refractivity contribution in [1.82, 2.24) is 15.1 Å². The molecule has 1 aromatic carbocycles. The molecule has 0 unspecified atom stereocenters. The van der Waals surface area contributed by atoms with Crippen LogP contribution in [0, 0.1) is 0 Å². The van der Waals surface area contributed by atoms with Gasteiger partial charge in [-0.05, 0) is 31.0 Å². The largest absolute Gasteiger partial charge is 0.436 e. The van der Waals surface area contributed by atoms with Crippen LogP contribution in [0.2, 0.25) is 10.0 Å². The van der Waals surface area contributed by atoms with Crippen LogP contribution in [0.3, 0.4) is 0 Å². The van der Waals surface area contributed by atoms with E-state index >= 15 is 0 Å². The summed E-state index contributed by atoms with van der Waals surface area (Å²) >= 11 is 11.7. The number of aromatic nitrogens is 2. The number of carbonyl (C=O) groups is 2. The fourth-order valence-electron chi connectivity index (χ4n) is 2.38. The van der Waals surface area contributed by atoms with E-state index in [9.17, 15) is 22.8 Å². The molecule has 0 aliphatic heterocycles. The third kappa shape index (κ3) is 4.19. The van der Waals surface area contributed by atoms with Gasteiger partial charge in [0.25, 0.3) is 11.8 Å². The molecule has 1 heterocycles. The molecule has 0 atom stereocenters. The van der Waals surface area contributed by atoms with Gasteiger partial charge in [-0.25, -0.2) is 0 Å². The zero-order valence-electron chi connectivity index (χ0n) is 13.8. The van der Waals surface area contributed by atoms with Crippen molar-refractivity contribution in [3.8, 4) is 0 Å². The van der Waals surface area contributed by atoms with E-state index in [4.69, 9.17) is 23.2 Å². The first-order valence-corrected chi connectivity index (χ1v) is 8.55. The fourth-order valence-corrected chi connectivity index (χ4v) is 2.94. The number of amides is 2. The molecule has 1 saturated carbocycles. The first-order valence-electron chi connectivity index (χ1n) is 7.79. The van der Waals surface area contributed by atoms with Crippen LogP contribution in [0.1, 0.15) is 39.4 Å². The molecule has 3 rings (SSSR count). The Hall–Kier alpha value is -2.26. The number of nitrogens with one attached hydrogen (secondary N) is 2. The molecule has 1 fully saturated rings. The van der Waals surface area contributed by atoms with Gasteiger partial charge < -0.3 is 10.6 Å². The maximum absolute atomic E-state index is 12.9. The average Bonchev–Trinajstić information content (AvgIpc) is 3.31. The molecule has 0 spiro atoms. The normalized spacial score (nSPS) is 14.1. The Bertz CT molecular complexity index is 923. The molecule has 2 N–H and O–H groups in total. The second-order valence-electron chi connectivity index (χ2n) is 6.03. The Labute approximate surface area is 161 Å². The molecular weight excluding hydrogens is 408 g/mol. The van der Waals surface area contributed by atoms with Crippen molar-refractivity contribution < 1.29 is 22.8 Å². The summed E-state index contributed by atoms with van der Waals surface area (Å²) < 4.78 is 39.4. The standard InChI is InChI=1S/C16H13Cl2F3N4O2/c1-25-12(11(18)13(24-25)16(19,20)21)15(27)23-8-4-5-10(17)9(6-8)14(26)22-7-2-3-7/h4-7H,2-3H2,1H3,(H,22,26)(H,23,27). The minimum Gasteiger partial charge on any atom is -0.349 e. The second kappa shape index (κ2) is 7.05. The highest BCUT2D eigenvalue weighted by atomic mass is 35.5. The maximum Gasteiger partial charge on any atom is 0.436 e. The minimum absolute atomic E-state index is 0.112. The Morgan fingerprint density at radius 2 is 1.89 bits per heavy atom. The molecule has 1 aromatic heterocycles. The summed E-state index contributed by atoms with van der Waals surface area (Å²) in [6.45, 7) is 0. The third-order valence-electron chi connectivity index (χ3n) is 3.85. The predicted octanol–water partition coefficient (Wildman–Crippen LogP) is 3.89. The van der Waals surface area contributed by atoms with Gasteiger partial charge >= 0.3 is 6.18 Å². The van der Waals surface area contributed by atoms with Crippen molar-refractivity contribution in [3.05, 3.63) is 45.2 Å². The molecule has 11 heteroatoms. The van der Waals surface area contributed by atoms with Crippen LogP contribution in [0.15, 0.2) is 18.2 Å². The summed E-state index contributed by atoms with van der Waals surface area (Å²) in [5.74, 6) is -1.29. The maximum atomic E-state index is 12.9. The van der Waals surface area contributed by atoms with E-state index in [-0.39, 0.29) is 22.3 Å². The van der Waals surface area contributed by atoms with E-state index in [1.165, 1.54) is 25.2 Å². The van der Waals surface area contributed by atoms with Gasteiger partial charge in [0.1, 0.15) is 10.7 Å². The van der Waals surface area contributed by atoms with Crippen molar-refractivity contribution in [2.24, 2.45) is 7.05 Å². The van der Waals surface area contributed by atoms with E-state index in [2.05, 4.69) is 15.7 Å². The Kier molecular flexibility index (Phi) is 5.09. The summed E-state index contributed by atoms with van der Waals surface area (Å²) in [6, 6.07) is 4.28. The Balaban J connectivity index is 1.84. The number of halogens is 5. The van der Waals surface area contributed by atoms with Gasteiger partial charge in [0, 0.05) is 18.8 Å². The molecule has 0 radical (unpaired) electrons. The van der Waals surface area contributed by atoms with E-state index in [1.807, 2.05) is 0 Å². The minimum atomic E-state index is -4.79. The third-order valence-corrected chi connectivity index (χ3v) is 4.54. The SMILES string of the molecule is Cn1nc(C(F)(F)F)c(Cl)c1C(=O)Nc1ccc(Cl)c(C(=O)NC2CC2)c1. The van der Waals surface area contributed by atoms with Crippen LogP contribution in [0.5, 0.6) is 0 Å². The molecule has 27 heavy (non-hydrogen) atoms. The van der Waals surface area contributed by atoms with Crippen LogP contribution < -0.4 is 10.6 Å². The van der Waals surface area contributed by atoms with Gasteiger partial charge in [-0.3, -0.25) is 14.3 Å². The van der Waals surface area contributed by atoms with Crippen molar-refractivity contribution in [3.63, 3.8) is 0 Å². The number of alkyl halides is 3. The van der Waals surface area contributed by atoms with Crippen LogP contribution in [0.4, 0.5) is 18.9 Å². The number of aryl methyl sites for hydroxylation is 1. The van der Waals surface area contributed by atoms with Gasteiger partial charge in [-0.2, -0.15) is 18.3 Å². The first-order chi connectivity index (χ1) is 12.6. The molecule has 0 bridgehead atoms. The zero-order chi connectivity index (χ0) is 19.9. The number of hydrogen-bond donors (Lipinski definition) is 2. The summed E-state index contributed by atoms with van der Waals surface area (Å²) in [4.78, 5) is 24.6. The first kappa shape index (κ1) is 19.5. The van der Waals surface area contributed by atoms with Crippen molar-refractivity contribution in [2.45, 2.75) is 25.1 Å². The highest BCUT2D eigenvalue weighted by Crippen LogP contribution is 2.35. The monoisotopic (exact) mass is 420 g/mol. The Morgan fingerprint density at radius 1 is 1.22 bits per heavy atom. The topological polar surface area (TPSA) is 76.0 Å². The molecule has 2 amide bonds. The lowest BCUT2D eigenvalue weighted by Gasteiger charge is -2.10. The zero-order valence-corrected chi connectivity index (χ0v) is 15.3. The van der Waals surface area contributed by atoms with Crippen molar-refractivity contribution in [1.29, 1.82) is 0 Å². The summed E-state index contributed by atoms with van der Waals surface area (Å²) in [7, 11) is 1.17. The second-order valence-corrected chi connectivity index (χ2v) is 6.81. The van der Waals surface area contributed by atoms with E-state index in [0.29, 0.717) is 0 Å². The van der Waals surface area contributed by atoms with Gasteiger partial charge in [0.15, 0.2) is 5.69 Å². The van der Waals surface area contributed by atoms with E-state index < -0.39 is 34.4 Å². The molecule has 0 saturated heterocycles. The van der Waals surface area contributed by atoms with E-state index in [0.717, 1.165) is 17.5 Å². The van der Waals surface area contributed by atoms with Gasteiger partial charge in [-0.15, -0.1) is 0 Å². The van der Waals surface area contributed by atoms with Crippen LogP contribution in [-0.2, 0) is 13.2 Å². The summed E-state index contributed by atoms with van der Waals surface area (Å²) in [6.07, 6.45) is -3.01. The number of rotatable bonds is 4. The lowest BCUT2D eigenvalue weighted by molar-refractivity contribution is -0.141. The van der Waals surface area contributed by atoms with E-state index in [1.54, 1.807) is 0 Å². The number of nitrogens with zero attached hydrogens (tertiary/aromatic N) is 2. The molecular formula is C16H13Cl2F3N4O2. The molecule has 6 nitrogen and oxygen atoms in total. The Morgan fingerprint density at radius 3 is 2.44 bits per heavy atom. The lowest BCUT2D eigenvalue weighted by atomic mass is 10.1. The summed E-state index contributed by atoms with van der Waals surface area (Å²) in [5.41, 5.74) is -1.48. The molecule has 2 aromatic rings. The van der Waals surface area contributed by atoms with Crippen molar-refractivity contribution >= 4 is 40.7 Å². The fraction of sp³-hybridized carbons (Fsp3) is 0.312. The number of anilines is 1.